The van der Waals surface area contributed by atoms with Crippen molar-refractivity contribution in [2.24, 2.45) is 5.92 Å². The van der Waals surface area contributed by atoms with Crippen LogP contribution in [0.2, 0.25) is 0 Å². The highest BCUT2D eigenvalue weighted by Crippen LogP contribution is 2.19. The summed E-state index contributed by atoms with van der Waals surface area (Å²) in [4.78, 5) is 16.7. The number of fused-ring (bicyclic) bond motifs is 1. The van der Waals surface area contributed by atoms with E-state index in [0.717, 1.165) is 11.0 Å². The molecule has 1 N–H and O–H groups in total. The summed E-state index contributed by atoms with van der Waals surface area (Å²) in [6.45, 7) is 2.38. The number of hydrogen-bond donors (Lipinski definition) is 1. The monoisotopic (exact) mass is 335 g/mol. The summed E-state index contributed by atoms with van der Waals surface area (Å²) >= 11 is 0. The zero-order valence-electron chi connectivity index (χ0n) is 13.1. The molecule has 1 aliphatic rings. The molecule has 1 amide bonds. The summed E-state index contributed by atoms with van der Waals surface area (Å²) in [6.07, 6.45) is 2.94. The second-order valence-electron chi connectivity index (χ2n) is 6.16. The van der Waals surface area contributed by atoms with Gasteiger partial charge in [0, 0.05) is 6.54 Å². The van der Waals surface area contributed by atoms with E-state index in [2.05, 4.69) is 10.3 Å². The number of rotatable bonds is 4. The molecule has 1 aromatic carbocycles. The molecule has 7 heteroatoms. The average Bonchev–Trinajstić information content (AvgIpc) is 2.97. The lowest BCUT2D eigenvalue weighted by Gasteiger charge is -2.23. The Balaban J connectivity index is 1.60. The lowest BCUT2D eigenvalue weighted by molar-refractivity contribution is -0.124. The molecule has 0 radical (unpaired) electrons. The number of carbonyl (C=O) groups is 1. The fourth-order valence-corrected chi connectivity index (χ4v) is 4.54. The number of sulfone groups is 1. The molecule has 0 aliphatic carbocycles. The lowest BCUT2D eigenvalue weighted by atomic mass is 10.0. The average molecular weight is 335 g/mol. The fourth-order valence-electron chi connectivity index (χ4n) is 2.95. The predicted octanol–water partition coefficient (Wildman–Crippen LogP) is 1.54. The Morgan fingerprint density at radius 2 is 2.04 bits per heavy atom. The first kappa shape index (κ1) is 16.0. The van der Waals surface area contributed by atoms with Gasteiger partial charge in [-0.1, -0.05) is 12.1 Å². The van der Waals surface area contributed by atoms with Crippen LogP contribution in [0.25, 0.3) is 11.0 Å². The predicted molar refractivity (Wildman–Crippen MR) is 88.8 cm³/mol. The largest absolute Gasteiger partial charge is 0.354 e. The van der Waals surface area contributed by atoms with E-state index in [1.807, 2.05) is 35.8 Å². The van der Waals surface area contributed by atoms with Gasteiger partial charge in [0.25, 0.3) is 0 Å². The topological polar surface area (TPSA) is 81.1 Å². The number of hydrogen-bond acceptors (Lipinski definition) is 4. The van der Waals surface area contributed by atoms with Gasteiger partial charge in [0.15, 0.2) is 0 Å². The van der Waals surface area contributed by atoms with Gasteiger partial charge in [-0.3, -0.25) is 4.79 Å². The number of imidazole rings is 1. The Bertz CT molecular complexity index is 799. The lowest BCUT2D eigenvalue weighted by Crippen LogP contribution is -2.37. The van der Waals surface area contributed by atoms with E-state index in [1.54, 1.807) is 6.33 Å². The number of nitrogens with zero attached hydrogens (tertiary/aromatic N) is 2. The molecule has 1 saturated heterocycles. The van der Waals surface area contributed by atoms with Crippen molar-refractivity contribution in [2.45, 2.75) is 25.8 Å². The van der Waals surface area contributed by atoms with Crippen LogP contribution in [-0.4, -0.2) is 41.9 Å². The molecule has 0 unspecified atom stereocenters. The highest BCUT2D eigenvalue weighted by atomic mass is 32.2. The van der Waals surface area contributed by atoms with Crippen molar-refractivity contribution in [2.75, 3.05) is 18.1 Å². The number of nitrogens with one attached hydrogen (secondary N) is 1. The molecule has 0 spiro atoms. The third-order valence-electron chi connectivity index (χ3n) is 4.52. The van der Waals surface area contributed by atoms with Crippen LogP contribution in [0.5, 0.6) is 0 Å². The molecule has 1 aromatic heterocycles. The number of aromatic nitrogens is 2. The first-order valence-corrected chi connectivity index (χ1v) is 9.68. The standard InChI is InChI=1S/C16H21N3O3S/c1-12(19-11-18-14-4-2-3-5-15(14)19)16(20)17-10-13-6-8-23(21,22)9-7-13/h2-5,11-13H,6-10H2,1H3,(H,17,20)/t12-/m0/s1. The molecule has 23 heavy (non-hydrogen) atoms. The van der Waals surface area contributed by atoms with E-state index in [-0.39, 0.29) is 29.4 Å². The van der Waals surface area contributed by atoms with Gasteiger partial charge in [-0.25, -0.2) is 13.4 Å². The Morgan fingerprint density at radius 1 is 1.35 bits per heavy atom. The highest BCUT2D eigenvalue weighted by molar-refractivity contribution is 7.91. The van der Waals surface area contributed by atoms with Crippen LogP contribution in [0, 0.1) is 5.92 Å². The van der Waals surface area contributed by atoms with Crippen LogP contribution in [0.15, 0.2) is 30.6 Å². The summed E-state index contributed by atoms with van der Waals surface area (Å²) in [5, 5.41) is 2.95. The molecule has 124 valence electrons. The van der Waals surface area contributed by atoms with Crippen molar-refractivity contribution < 1.29 is 13.2 Å². The molecule has 0 saturated carbocycles. The Morgan fingerprint density at radius 3 is 2.78 bits per heavy atom. The maximum Gasteiger partial charge on any atom is 0.242 e. The summed E-state index contributed by atoms with van der Waals surface area (Å²) in [5.41, 5.74) is 1.79. The van der Waals surface area contributed by atoms with Gasteiger partial charge >= 0.3 is 0 Å². The van der Waals surface area contributed by atoms with Crippen molar-refractivity contribution >= 4 is 26.8 Å². The zero-order valence-corrected chi connectivity index (χ0v) is 13.9. The van der Waals surface area contributed by atoms with E-state index in [9.17, 15) is 13.2 Å². The normalized spacial score (nSPS) is 19.5. The van der Waals surface area contributed by atoms with E-state index < -0.39 is 9.84 Å². The van der Waals surface area contributed by atoms with Gasteiger partial charge in [0.2, 0.25) is 5.91 Å². The van der Waals surface area contributed by atoms with E-state index in [1.165, 1.54) is 0 Å². The van der Waals surface area contributed by atoms with Crippen LogP contribution in [0.1, 0.15) is 25.8 Å². The van der Waals surface area contributed by atoms with Crippen molar-refractivity contribution in [1.29, 1.82) is 0 Å². The molecule has 2 heterocycles. The first-order valence-electron chi connectivity index (χ1n) is 7.86. The molecule has 0 bridgehead atoms. The molecule has 6 nitrogen and oxygen atoms in total. The van der Waals surface area contributed by atoms with Crippen molar-refractivity contribution in [3.05, 3.63) is 30.6 Å². The zero-order chi connectivity index (χ0) is 16.4. The minimum absolute atomic E-state index is 0.0680. The van der Waals surface area contributed by atoms with Crippen LogP contribution >= 0.6 is 0 Å². The molecular formula is C16H21N3O3S. The maximum absolute atomic E-state index is 12.4. The quantitative estimate of drug-likeness (QED) is 0.919. The van der Waals surface area contributed by atoms with Gasteiger partial charge in [0.1, 0.15) is 15.9 Å². The molecule has 1 aliphatic heterocycles. The van der Waals surface area contributed by atoms with Gasteiger partial charge in [-0.05, 0) is 37.8 Å². The van der Waals surface area contributed by atoms with Gasteiger partial charge in [-0.2, -0.15) is 0 Å². The second-order valence-corrected chi connectivity index (χ2v) is 8.46. The summed E-state index contributed by atoms with van der Waals surface area (Å²) in [7, 11) is -2.86. The smallest absolute Gasteiger partial charge is 0.242 e. The SMILES string of the molecule is C[C@@H](C(=O)NCC1CCS(=O)(=O)CC1)n1cnc2ccccc21. The summed E-state index contributed by atoms with van der Waals surface area (Å²) in [5.74, 6) is 0.639. The van der Waals surface area contributed by atoms with Crippen LogP contribution in [-0.2, 0) is 14.6 Å². The van der Waals surface area contributed by atoms with Gasteiger partial charge in [0.05, 0.1) is 28.9 Å². The van der Waals surface area contributed by atoms with Gasteiger partial charge < -0.3 is 9.88 Å². The van der Waals surface area contributed by atoms with Gasteiger partial charge in [-0.15, -0.1) is 0 Å². The summed E-state index contributed by atoms with van der Waals surface area (Å²) in [6, 6.07) is 7.35. The van der Waals surface area contributed by atoms with Crippen LogP contribution in [0.3, 0.4) is 0 Å². The van der Waals surface area contributed by atoms with Crippen molar-refractivity contribution in [3.8, 4) is 0 Å². The Labute approximate surface area is 135 Å². The number of para-hydroxylation sites is 2. The maximum atomic E-state index is 12.4. The van der Waals surface area contributed by atoms with Crippen LogP contribution in [0.4, 0.5) is 0 Å². The third-order valence-corrected chi connectivity index (χ3v) is 6.23. The van der Waals surface area contributed by atoms with E-state index in [4.69, 9.17) is 0 Å². The minimum Gasteiger partial charge on any atom is -0.354 e. The van der Waals surface area contributed by atoms with Crippen molar-refractivity contribution in [1.82, 2.24) is 14.9 Å². The van der Waals surface area contributed by atoms with E-state index in [0.29, 0.717) is 19.4 Å². The molecule has 3 rings (SSSR count). The number of carbonyl (C=O) groups excluding carboxylic acids is 1. The molecule has 1 fully saturated rings. The molecular weight excluding hydrogens is 314 g/mol. The van der Waals surface area contributed by atoms with E-state index >= 15 is 0 Å². The Hall–Kier alpha value is -1.89. The second kappa shape index (κ2) is 6.31. The Kier molecular flexibility index (Phi) is 4.39. The number of amides is 1. The fraction of sp³-hybridized carbons (Fsp3) is 0.500. The minimum atomic E-state index is -2.86. The number of benzene rings is 1. The third kappa shape index (κ3) is 3.55. The summed E-state index contributed by atoms with van der Waals surface area (Å²) < 4.78 is 24.7. The molecule has 2 aromatic rings. The first-order chi connectivity index (χ1) is 11.0. The van der Waals surface area contributed by atoms with Crippen molar-refractivity contribution in [3.63, 3.8) is 0 Å². The molecule has 1 atom stereocenters. The highest BCUT2D eigenvalue weighted by Gasteiger charge is 2.25. The van der Waals surface area contributed by atoms with Crippen LogP contribution < -0.4 is 5.32 Å².